The third kappa shape index (κ3) is 3.10. The summed E-state index contributed by atoms with van der Waals surface area (Å²) < 4.78 is 4.90. The number of nitrogens with two attached hydrogens (primary N) is 1. The number of rotatable bonds is 4. The van der Waals surface area contributed by atoms with Crippen LogP contribution >= 0.6 is 12.2 Å². The molecule has 0 spiro atoms. The van der Waals surface area contributed by atoms with E-state index in [2.05, 4.69) is 5.32 Å². The molecule has 0 heterocycles. The van der Waals surface area contributed by atoms with Crippen molar-refractivity contribution in [2.45, 2.75) is 19.4 Å². The maximum absolute atomic E-state index is 11.9. The van der Waals surface area contributed by atoms with E-state index in [-0.39, 0.29) is 16.6 Å². The molecular formula is C12H16N2O3S. The molecule has 0 bridgehead atoms. The Morgan fingerprint density at radius 2 is 2.11 bits per heavy atom. The molecule has 1 amide bonds. The SMILES string of the molecule is COc1ccc(C(=O)NC(C)(C)C(N)=S)cc1O. The zero-order valence-electron chi connectivity index (χ0n) is 10.5. The Kier molecular flexibility index (Phi) is 4.13. The summed E-state index contributed by atoms with van der Waals surface area (Å²) in [6.07, 6.45) is 0. The van der Waals surface area contributed by atoms with Gasteiger partial charge in [0.25, 0.3) is 5.91 Å². The van der Waals surface area contributed by atoms with Gasteiger partial charge in [-0.2, -0.15) is 0 Å². The van der Waals surface area contributed by atoms with Crippen LogP contribution in [0.5, 0.6) is 11.5 Å². The van der Waals surface area contributed by atoms with Gasteiger partial charge in [0.2, 0.25) is 0 Å². The number of ether oxygens (including phenoxy) is 1. The number of nitrogens with one attached hydrogen (secondary N) is 1. The van der Waals surface area contributed by atoms with E-state index >= 15 is 0 Å². The third-order valence-corrected chi connectivity index (χ3v) is 2.99. The van der Waals surface area contributed by atoms with E-state index in [1.807, 2.05) is 0 Å². The summed E-state index contributed by atoms with van der Waals surface area (Å²) in [6.45, 7) is 3.41. The van der Waals surface area contributed by atoms with Crippen molar-refractivity contribution in [2.75, 3.05) is 7.11 Å². The molecule has 0 aromatic heterocycles. The van der Waals surface area contributed by atoms with Crippen LogP contribution in [0.3, 0.4) is 0 Å². The maximum Gasteiger partial charge on any atom is 0.252 e. The summed E-state index contributed by atoms with van der Waals surface area (Å²) in [5.74, 6) is -0.163. The highest BCUT2D eigenvalue weighted by atomic mass is 32.1. The number of carbonyl (C=O) groups is 1. The van der Waals surface area contributed by atoms with Crippen LogP contribution in [0, 0.1) is 0 Å². The summed E-state index contributed by atoms with van der Waals surface area (Å²) in [6, 6.07) is 4.38. The number of benzene rings is 1. The zero-order valence-corrected chi connectivity index (χ0v) is 11.3. The highest BCUT2D eigenvalue weighted by Gasteiger charge is 2.24. The lowest BCUT2D eigenvalue weighted by Gasteiger charge is -2.24. The van der Waals surface area contributed by atoms with Gasteiger partial charge in [-0.05, 0) is 32.0 Å². The van der Waals surface area contributed by atoms with Gasteiger partial charge in [-0.15, -0.1) is 0 Å². The number of aromatic hydroxyl groups is 1. The molecule has 0 atom stereocenters. The molecule has 5 nitrogen and oxygen atoms in total. The fraction of sp³-hybridized carbons (Fsp3) is 0.333. The minimum Gasteiger partial charge on any atom is -0.504 e. The Morgan fingerprint density at radius 3 is 2.56 bits per heavy atom. The second kappa shape index (κ2) is 5.22. The molecule has 4 N–H and O–H groups in total. The first-order chi connectivity index (χ1) is 8.27. The molecule has 0 aliphatic rings. The fourth-order valence-electron chi connectivity index (χ4n) is 1.25. The molecule has 0 fully saturated rings. The largest absolute Gasteiger partial charge is 0.504 e. The molecule has 18 heavy (non-hydrogen) atoms. The zero-order chi connectivity index (χ0) is 13.9. The average molecular weight is 268 g/mol. The molecule has 0 unspecified atom stereocenters. The lowest BCUT2D eigenvalue weighted by Crippen LogP contribution is -2.52. The van der Waals surface area contributed by atoms with Crippen LogP contribution in [0.4, 0.5) is 0 Å². The van der Waals surface area contributed by atoms with E-state index in [9.17, 15) is 9.90 Å². The summed E-state index contributed by atoms with van der Waals surface area (Å²) in [5, 5.41) is 12.3. The molecule has 0 radical (unpaired) electrons. The van der Waals surface area contributed by atoms with E-state index in [1.54, 1.807) is 19.9 Å². The van der Waals surface area contributed by atoms with Gasteiger partial charge in [0.05, 0.1) is 17.6 Å². The van der Waals surface area contributed by atoms with Gasteiger partial charge in [0.1, 0.15) is 0 Å². The van der Waals surface area contributed by atoms with Crippen molar-refractivity contribution in [2.24, 2.45) is 5.73 Å². The molecule has 6 heteroatoms. The monoisotopic (exact) mass is 268 g/mol. The second-order valence-corrected chi connectivity index (χ2v) is 4.77. The van der Waals surface area contributed by atoms with Gasteiger partial charge in [-0.3, -0.25) is 4.79 Å². The van der Waals surface area contributed by atoms with Crippen LogP contribution in [0.15, 0.2) is 18.2 Å². The van der Waals surface area contributed by atoms with Crippen molar-refractivity contribution in [3.63, 3.8) is 0 Å². The Morgan fingerprint density at radius 1 is 1.50 bits per heavy atom. The maximum atomic E-state index is 11.9. The number of thiocarbonyl (C=S) groups is 1. The van der Waals surface area contributed by atoms with Gasteiger partial charge >= 0.3 is 0 Å². The summed E-state index contributed by atoms with van der Waals surface area (Å²) in [5.41, 5.74) is 5.03. The van der Waals surface area contributed by atoms with Gasteiger partial charge in [0.15, 0.2) is 11.5 Å². The van der Waals surface area contributed by atoms with Gasteiger partial charge in [-0.25, -0.2) is 0 Å². The number of carbonyl (C=O) groups excluding carboxylic acids is 1. The van der Waals surface area contributed by atoms with E-state index in [1.165, 1.54) is 19.2 Å². The predicted octanol–water partition coefficient (Wildman–Crippen LogP) is 1.20. The standard InChI is InChI=1S/C12H16N2O3S/c1-12(2,11(13)18)14-10(16)7-4-5-9(17-3)8(15)6-7/h4-6,15H,1-3H3,(H2,13,18)(H,14,16). The van der Waals surface area contributed by atoms with Crippen molar-refractivity contribution in [3.8, 4) is 11.5 Å². The molecule has 1 aromatic carbocycles. The first-order valence-corrected chi connectivity index (χ1v) is 5.68. The Labute approximate surface area is 111 Å². The van der Waals surface area contributed by atoms with E-state index in [0.29, 0.717) is 11.3 Å². The summed E-state index contributed by atoms with van der Waals surface area (Å²) >= 11 is 4.86. The van der Waals surface area contributed by atoms with Crippen molar-refractivity contribution in [1.29, 1.82) is 0 Å². The van der Waals surface area contributed by atoms with Crippen LogP contribution in [0.1, 0.15) is 24.2 Å². The molecule has 0 aliphatic carbocycles. The minimum absolute atomic E-state index is 0.0988. The van der Waals surface area contributed by atoms with E-state index in [0.717, 1.165) is 0 Å². The van der Waals surface area contributed by atoms with Crippen LogP contribution < -0.4 is 15.8 Å². The normalized spacial score (nSPS) is 10.8. The highest BCUT2D eigenvalue weighted by Crippen LogP contribution is 2.26. The minimum atomic E-state index is -0.790. The smallest absolute Gasteiger partial charge is 0.252 e. The number of hydrogen-bond acceptors (Lipinski definition) is 4. The molecule has 0 saturated carbocycles. The lowest BCUT2D eigenvalue weighted by molar-refractivity contribution is 0.0932. The number of amides is 1. The quantitative estimate of drug-likeness (QED) is 0.714. The molecule has 1 rings (SSSR count). The average Bonchev–Trinajstić information content (AvgIpc) is 2.28. The Bertz CT molecular complexity index is 486. The lowest BCUT2D eigenvalue weighted by atomic mass is 10.0. The van der Waals surface area contributed by atoms with Gasteiger partial charge < -0.3 is 20.9 Å². The Hall–Kier alpha value is -1.82. The molecule has 0 saturated heterocycles. The van der Waals surface area contributed by atoms with Crippen LogP contribution in [0.25, 0.3) is 0 Å². The van der Waals surface area contributed by atoms with Crippen molar-refractivity contribution < 1.29 is 14.6 Å². The summed E-state index contributed by atoms with van der Waals surface area (Å²) in [4.78, 5) is 12.1. The first-order valence-electron chi connectivity index (χ1n) is 5.27. The third-order valence-electron chi connectivity index (χ3n) is 2.48. The van der Waals surface area contributed by atoms with Gasteiger partial charge in [0, 0.05) is 5.56 Å². The highest BCUT2D eigenvalue weighted by molar-refractivity contribution is 7.80. The van der Waals surface area contributed by atoms with Crippen molar-refractivity contribution in [1.82, 2.24) is 5.32 Å². The van der Waals surface area contributed by atoms with Gasteiger partial charge in [-0.1, -0.05) is 12.2 Å². The molecule has 98 valence electrons. The van der Waals surface area contributed by atoms with E-state index in [4.69, 9.17) is 22.7 Å². The second-order valence-electron chi connectivity index (χ2n) is 4.33. The predicted molar refractivity (Wildman–Crippen MR) is 73.0 cm³/mol. The number of hydrogen-bond donors (Lipinski definition) is 3. The van der Waals surface area contributed by atoms with Crippen molar-refractivity contribution >= 4 is 23.1 Å². The molecular weight excluding hydrogens is 252 g/mol. The fourth-order valence-corrected chi connectivity index (χ4v) is 1.30. The van der Waals surface area contributed by atoms with Crippen LogP contribution in [-0.4, -0.2) is 28.7 Å². The number of phenolic OH excluding ortho intramolecular Hbond substituents is 1. The number of methoxy groups -OCH3 is 1. The molecule has 0 aliphatic heterocycles. The summed E-state index contributed by atoms with van der Waals surface area (Å²) in [7, 11) is 1.44. The number of phenols is 1. The van der Waals surface area contributed by atoms with Crippen LogP contribution in [-0.2, 0) is 0 Å². The first kappa shape index (κ1) is 14.2. The van der Waals surface area contributed by atoms with Crippen molar-refractivity contribution in [3.05, 3.63) is 23.8 Å². The molecule has 1 aromatic rings. The Balaban J connectivity index is 2.92. The van der Waals surface area contributed by atoms with Crippen LogP contribution in [0.2, 0.25) is 0 Å². The topological polar surface area (TPSA) is 84.6 Å². The van der Waals surface area contributed by atoms with E-state index < -0.39 is 5.54 Å².